The van der Waals surface area contributed by atoms with E-state index in [9.17, 15) is 4.79 Å². The summed E-state index contributed by atoms with van der Waals surface area (Å²) in [5, 5.41) is 6.32. The number of carbonyl (C=O) groups excluding carboxylic acids is 1. The minimum atomic E-state index is -0.344. The Labute approximate surface area is 152 Å². The third kappa shape index (κ3) is 7.23. The molecule has 0 aromatic heterocycles. The predicted octanol–water partition coefficient (Wildman–Crippen LogP) is 3.13. The Hall–Kier alpha value is -3.06. The SMILES string of the molecule is CC(C)OC/C(N)=N/OCC(=O)Nc1ccc(Oc2ccccc2)cc1. The van der Waals surface area contributed by atoms with Crippen molar-refractivity contribution >= 4 is 17.4 Å². The summed E-state index contributed by atoms with van der Waals surface area (Å²) in [6.45, 7) is 3.68. The van der Waals surface area contributed by atoms with Gasteiger partial charge in [-0.15, -0.1) is 0 Å². The zero-order valence-electron chi connectivity index (χ0n) is 14.8. The molecule has 3 N–H and O–H groups in total. The molecule has 0 spiro atoms. The van der Waals surface area contributed by atoms with Gasteiger partial charge in [0.05, 0.1) is 6.10 Å². The van der Waals surface area contributed by atoms with Crippen LogP contribution in [0.15, 0.2) is 59.8 Å². The summed E-state index contributed by atoms with van der Waals surface area (Å²) in [5.74, 6) is 1.25. The van der Waals surface area contributed by atoms with E-state index in [-0.39, 0.29) is 31.1 Å². The number of amides is 1. The maximum atomic E-state index is 11.8. The quantitative estimate of drug-likeness (QED) is 0.408. The molecule has 0 saturated carbocycles. The van der Waals surface area contributed by atoms with Crippen LogP contribution in [0.25, 0.3) is 0 Å². The van der Waals surface area contributed by atoms with Crippen LogP contribution in [0.2, 0.25) is 0 Å². The first kappa shape index (κ1) is 19.3. The smallest absolute Gasteiger partial charge is 0.265 e. The topological polar surface area (TPSA) is 95.2 Å². The number of carbonyl (C=O) groups is 1. The summed E-state index contributed by atoms with van der Waals surface area (Å²) < 4.78 is 11.0. The third-order valence-corrected chi connectivity index (χ3v) is 3.06. The highest BCUT2D eigenvalue weighted by molar-refractivity contribution is 5.91. The van der Waals surface area contributed by atoms with Crippen LogP contribution in [0.3, 0.4) is 0 Å². The fourth-order valence-electron chi connectivity index (χ4n) is 1.88. The van der Waals surface area contributed by atoms with Crippen LogP contribution in [0.5, 0.6) is 11.5 Å². The number of nitrogens with one attached hydrogen (secondary N) is 1. The lowest BCUT2D eigenvalue weighted by Crippen LogP contribution is -2.23. The number of rotatable bonds is 9. The van der Waals surface area contributed by atoms with Crippen LogP contribution in [0.1, 0.15) is 13.8 Å². The van der Waals surface area contributed by atoms with Crippen molar-refractivity contribution in [3.8, 4) is 11.5 Å². The van der Waals surface area contributed by atoms with E-state index in [4.69, 9.17) is 20.0 Å². The fourth-order valence-corrected chi connectivity index (χ4v) is 1.88. The summed E-state index contributed by atoms with van der Waals surface area (Å²) in [5.41, 5.74) is 6.22. The highest BCUT2D eigenvalue weighted by atomic mass is 16.6. The molecule has 138 valence electrons. The molecule has 0 aliphatic carbocycles. The van der Waals surface area contributed by atoms with Gasteiger partial charge in [0, 0.05) is 5.69 Å². The molecule has 2 aromatic rings. The van der Waals surface area contributed by atoms with Gasteiger partial charge in [-0.3, -0.25) is 4.79 Å². The number of ether oxygens (including phenoxy) is 2. The third-order valence-electron chi connectivity index (χ3n) is 3.06. The van der Waals surface area contributed by atoms with E-state index in [1.807, 2.05) is 44.2 Å². The van der Waals surface area contributed by atoms with Crippen LogP contribution in [0.4, 0.5) is 5.69 Å². The maximum absolute atomic E-state index is 11.8. The van der Waals surface area contributed by atoms with E-state index < -0.39 is 0 Å². The van der Waals surface area contributed by atoms with Gasteiger partial charge in [0.25, 0.3) is 5.91 Å². The molecule has 0 aliphatic heterocycles. The number of anilines is 1. The van der Waals surface area contributed by atoms with Gasteiger partial charge in [0.1, 0.15) is 18.1 Å². The second kappa shape index (κ2) is 10.0. The Morgan fingerprint density at radius 2 is 1.69 bits per heavy atom. The van der Waals surface area contributed by atoms with Gasteiger partial charge in [0.15, 0.2) is 12.4 Å². The van der Waals surface area contributed by atoms with Gasteiger partial charge in [-0.1, -0.05) is 23.4 Å². The van der Waals surface area contributed by atoms with Crippen molar-refractivity contribution in [2.45, 2.75) is 20.0 Å². The van der Waals surface area contributed by atoms with Gasteiger partial charge in [0.2, 0.25) is 0 Å². The Kier molecular flexibility index (Phi) is 7.45. The molecule has 2 aromatic carbocycles. The standard InChI is InChI=1S/C19H23N3O4/c1-14(2)24-12-18(20)22-25-13-19(23)21-15-8-10-17(11-9-15)26-16-6-4-3-5-7-16/h3-11,14H,12-13H2,1-2H3,(H2,20,22)(H,21,23). The monoisotopic (exact) mass is 357 g/mol. The molecule has 7 heteroatoms. The van der Waals surface area contributed by atoms with Gasteiger partial charge in [-0.05, 0) is 50.2 Å². The van der Waals surface area contributed by atoms with Crippen molar-refractivity contribution in [1.29, 1.82) is 0 Å². The number of benzene rings is 2. The Morgan fingerprint density at radius 3 is 2.35 bits per heavy atom. The molecule has 0 bridgehead atoms. The molecule has 0 fully saturated rings. The summed E-state index contributed by atoms with van der Waals surface area (Å²) in [6, 6.07) is 16.5. The van der Waals surface area contributed by atoms with Gasteiger partial charge >= 0.3 is 0 Å². The molecule has 2 rings (SSSR count). The molecular formula is C19H23N3O4. The number of para-hydroxylation sites is 1. The van der Waals surface area contributed by atoms with Crippen molar-refractivity contribution in [1.82, 2.24) is 0 Å². The average Bonchev–Trinajstić information content (AvgIpc) is 2.62. The van der Waals surface area contributed by atoms with Crippen LogP contribution in [-0.4, -0.2) is 31.1 Å². The van der Waals surface area contributed by atoms with Crippen LogP contribution in [0, 0.1) is 0 Å². The lowest BCUT2D eigenvalue weighted by Gasteiger charge is -2.08. The van der Waals surface area contributed by atoms with E-state index in [1.54, 1.807) is 24.3 Å². The van der Waals surface area contributed by atoms with Gasteiger partial charge in [-0.2, -0.15) is 0 Å². The van der Waals surface area contributed by atoms with Crippen molar-refractivity contribution in [3.05, 3.63) is 54.6 Å². The number of oxime groups is 1. The second-order valence-corrected chi connectivity index (χ2v) is 5.70. The summed E-state index contributed by atoms with van der Waals surface area (Å²) in [7, 11) is 0. The highest BCUT2D eigenvalue weighted by Gasteiger charge is 2.04. The lowest BCUT2D eigenvalue weighted by atomic mass is 10.3. The fraction of sp³-hybridized carbons (Fsp3) is 0.263. The minimum Gasteiger partial charge on any atom is -0.457 e. The van der Waals surface area contributed by atoms with Crippen molar-refractivity contribution in [2.24, 2.45) is 10.9 Å². The van der Waals surface area contributed by atoms with Crippen molar-refractivity contribution in [2.75, 3.05) is 18.5 Å². The molecule has 0 unspecified atom stereocenters. The van der Waals surface area contributed by atoms with E-state index in [0.717, 1.165) is 5.75 Å². The summed E-state index contributed by atoms with van der Waals surface area (Å²) in [4.78, 5) is 16.7. The summed E-state index contributed by atoms with van der Waals surface area (Å²) >= 11 is 0. The van der Waals surface area contributed by atoms with E-state index in [1.165, 1.54) is 0 Å². The number of hydrogen-bond acceptors (Lipinski definition) is 5. The first-order valence-electron chi connectivity index (χ1n) is 8.21. The molecule has 1 amide bonds. The van der Waals surface area contributed by atoms with Crippen LogP contribution in [-0.2, 0) is 14.4 Å². The van der Waals surface area contributed by atoms with Gasteiger partial charge in [-0.25, -0.2) is 0 Å². The highest BCUT2D eigenvalue weighted by Crippen LogP contribution is 2.22. The second-order valence-electron chi connectivity index (χ2n) is 5.70. The van der Waals surface area contributed by atoms with E-state index >= 15 is 0 Å². The van der Waals surface area contributed by atoms with E-state index in [0.29, 0.717) is 11.4 Å². The first-order chi connectivity index (χ1) is 12.5. The largest absolute Gasteiger partial charge is 0.457 e. The lowest BCUT2D eigenvalue weighted by molar-refractivity contribution is -0.120. The molecule has 0 heterocycles. The number of hydrogen-bond donors (Lipinski definition) is 2. The van der Waals surface area contributed by atoms with Crippen molar-refractivity contribution < 1.29 is 19.1 Å². The molecule has 0 atom stereocenters. The molecule has 0 radical (unpaired) electrons. The Morgan fingerprint density at radius 1 is 1.04 bits per heavy atom. The van der Waals surface area contributed by atoms with Gasteiger partial charge < -0.3 is 25.4 Å². The zero-order chi connectivity index (χ0) is 18.8. The molecule has 26 heavy (non-hydrogen) atoms. The molecule has 0 saturated heterocycles. The molecule has 0 aliphatic rings. The number of nitrogens with two attached hydrogens (primary N) is 1. The van der Waals surface area contributed by atoms with E-state index in [2.05, 4.69) is 10.5 Å². The zero-order valence-corrected chi connectivity index (χ0v) is 14.8. The predicted molar refractivity (Wildman–Crippen MR) is 100 cm³/mol. The van der Waals surface area contributed by atoms with Crippen LogP contribution >= 0.6 is 0 Å². The maximum Gasteiger partial charge on any atom is 0.265 e. The minimum absolute atomic E-state index is 0.0425. The number of amidine groups is 1. The molecular weight excluding hydrogens is 334 g/mol. The first-order valence-corrected chi connectivity index (χ1v) is 8.21. The normalized spacial score (nSPS) is 11.3. The van der Waals surface area contributed by atoms with Crippen molar-refractivity contribution in [3.63, 3.8) is 0 Å². The number of nitrogens with zero attached hydrogens (tertiary/aromatic N) is 1. The molecule has 7 nitrogen and oxygen atoms in total. The summed E-state index contributed by atoms with van der Waals surface area (Å²) in [6.07, 6.45) is 0.0425. The Balaban J connectivity index is 1.76. The average molecular weight is 357 g/mol. The Bertz CT molecular complexity index is 715. The van der Waals surface area contributed by atoms with Crippen LogP contribution < -0.4 is 15.8 Å².